The fourth-order valence-electron chi connectivity index (χ4n) is 1.67. The third-order valence-electron chi connectivity index (χ3n) is 2.41. The molecule has 0 saturated heterocycles. The summed E-state index contributed by atoms with van der Waals surface area (Å²) in [6.45, 7) is 1.96. The van der Waals surface area contributed by atoms with Gasteiger partial charge in [0.1, 0.15) is 11.6 Å². The van der Waals surface area contributed by atoms with Crippen LogP contribution in [0.2, 0.25) is 5.02 Å². The minimum atomic E-state index is 0.691. The summed E-state index contributed by atoms with van der Waals surface area (Å²) in [5.74, 6) is 1.64. The first kappa shape index (κ1) is 11.9. The molecule has 1 heterocycles. The van der Waals surface area contributed by atoms with Gasteiger partial charge in [-0.25, -0.2) is 9.97 Å². The third-order valence-corrected chi connectivity index (χ3v) is 2.64. The summed E-state index contributed by atoms with van der Waals surface area (Å²) in [7, 11) is 1.85. The molecule has 1 aromatic heterocycles. The smallest absolute Gasteiger partial charge is 0.135 e. The lowest BCUT2D eigenvalue weighted by atomic mass is 10.1. The van der Waals surface area contributed by atoms with Gasteiger partial charge >= 0.3 is 0 Å². The Bertz CT molecular complexity index is 526. The van der Waals surface area contributed by atoms with Crippen LogP contribution in [0.1, 0.15) is 17.1 Å². The van der Waals surface area contributed by atoms with Crippen molar-refractivity contribution >= 4 is 17.4 Å². The Morgan fingerprint density at radius 2 is 2.06 bits per heavy atom. The van der Waals surface area contributed by atoms with Gasteiger partial charge in [0.25, 0.3) is 0 Å². The van der Waals surface area contributed by atoms with Gasteiger partial charge in [0.05, 0.1) is 0 Å². The molecule has 17 heavy (non-hydrogen) atoms. The average Bonchev–Trinajstić information content (AvgIpc) is 2.28. The molecule has 0 atom stereocenters. The second kappa shape index (κ2) is 5.15. The number of hydrogen-bond acceptors (Lipinski definition) is 3. The van der Waals surface area contributed by atoms with Crippen LogP contribution in [0.15, 0.2) is 30.3 Å². The fraction of sp³-hybridized carbons (Fsp3) is 0.231. The predicted octanol–water partition coefficient (Wildman–Crippen LogP) is 3.07. The molecule has 0 unspecified atom stereocenters. The van der Waals surface area contributed by atoms with Crippen LogP contribution in [0.25, 0.3) is 0 Å². The van der Waals surface area contributed by atoms with E-state index in [0.717, 1.165) is 27.9 Å². The molecule has 0 amide bonds. The first-order valence-corrected chi connectivity index (χ1v) is 5.82. The molecule has 0 spiro atoms. The van der Waals surface area contributed by atoms with Crippen LogP contribution >= 0.6 is 11.6 Å². The molecule has 0 saturated carbocycles. The highest BCUT2D eigenvalue weighted by Crippen LogP contribution is 2.14. The molecule has 1 N–H and O–H groups in total. The molecule has 0 radical (unpaired) electrons. The fourth-order valence-corrected chi connectivity index (χ4v) is 1.88. The van der Waals surface area contributed by atoms with Crippen molar-refractivity contribution in [1.29, 1.82) is 0 Å². The number of halogens is 1. The van der Waals surface area contributed by atoms with E-state index in [2.05, 4.69) is 15.3 Å². The SMILES string of the molecule is CNc1cc(C)nc(Cc2cccc(Cl)c2)n1. The Hall–Kier alpha value is -1.61. The van der Waals surface area contributed by atoms with Gasteiger partial charge in [-0.05, 0) is 24.6 Å². The minimum Gasteiger partial charge on any atom is -0.373 e. The molecule has 0 aliphatic carbocycles. The van der Waals surface area contributed by atoms with E-state index < -0.39 is 0 Å². The molecule has 3 nitrogen and oxygen atoms in total. The normalized spacial score (nSPS) is 10.3. The summed E-state index contributed by atoms with van der Waals surface area (Å²) < 4.78 is 0. The zero-order chi connectivity index (χ0) is 12.3. The maximum absolute atomic E-state index is 5.95. The standard InChI is InChI=1S/C13H14ClN3/c1-9-6-12(15-2)17-13(16-9)8-10-4-3-5-11(14)7-10/h3-7H,8H2,1-2H3,(H,15,16,17). The van der Waals surface area contributed by atoms with Gasteiger partial charge in [-0.2, -0.15) is 0 Å². The Kier molecular flexibility index (Phi) is 3.59. The van der Waals surface area contributed by atoms with E-state index in [1.54, 1.807) is 0 Å². The minimum absolute atomic E-state index is 0.691. The van der Waals surface area contributed by atoms with Crippen LogP contribution in [0.5, 0.6) is 0 Å². The van der Waals surface area contributed by atoms with Crippen molar-refractivity contribution in [2.45, 2.75) is 13.3 Å². The first-order valence-electron chi connectivity index (χ1n) is 5.44. The van der Waals surface area contributed by atoms with Crippen molar-refractivity contribution in [3.63, 3.8) is 0 Å². The van der Waals surface area contributed by atoms with E-state index >= 15 is 0 Å². The molecule has 2 rings (SSSR count). The monoisotopic (exact) mass is 247 g/mol. The molecular formula is C13H14ClN3. The van der Waals surface area contributed by atoms with Crippen LogP contribution in [0, 0.1) is 6.92 Å². The lowest BCUT2D eigenvalue weighted by molar-refractivity contribution is 0.944. The number of anilines is 1. The van der Waals surface area contributed by atoms with Crippen LogP contribution in [-0.4, -0.2) is 17.0 Å². The van der Waals surface area contributed by atoms with E-state index in [-0.39, 0.29) is 0 Å². The van der Waals surface area contributed by atoms with Crippen LogP contribution in [-0.2, 0) is 6.42 Å². The number of nitrogens with zero attached hydrogens (tertiary/aromatic N) is 2. The van der Waals surface area contributed by atoms with Crippen molar-refractivity contribution in [1.82, 2.24) is 9.97 Å². The van der Waals surface area contributed by atoms with E-state index in [0.29, 0.717) is 6.42 Å². The molecule has 0 bridgehead atoms. The summed E-state index contributed by atoms with van der Waals surface area (Å²) in [6, 6.07) is 9.68. The Morgan fingerprint density at radius 1 is 1.24 bits per heavy atom. The number of nitrogens with one attached hydrogen (secondary N) is 1. The Morgan fingerprint density at radius 3 is 2.76 bits per heavy atom. The van der Waals surface area contributed by atoms with E-state index in [4.69, 9.17) is 11.6 Å². The van der Waals surface area contributed by atoms with Gasteiger partial charge < -0.3 is 5.32 Å². The second-order valence-electron chi connectivity index (χ2n) is 3.87. The molecule has 0 fully saturated rings. The molecular weight excluding hydrogens is 234 g/mol. The Labute approximate surface area is 106 Å². The topological polar surface area (TPSA) is 37.8 Å². The molecule has 4 heteroatoms. The van der Waals surface area contributed by atoms with Gasteiger partial charge in [-0.15, -0.1) is 0 Å². The average molecular weight is 248 g/mol. The van der Waals surface area contributed by atoms with Crippen LogP contribution in [0.4, 0.5) is 5.82 Å². The molecule has 0 aliphatic heterocycles. The van der Waals surface area contributed by atoms with Crippen molar-refractivity contribution in [2.75, 3.05) is 12.4 Å². The molecule has 0 aliphatic rings. The maximum atomic E-state index is 5.95. The second-order valence-corrected chi connectivity index (χ2v) is 4.30. The molecule has 1 aromatic carbocycles. The van der Waals surface area contributed by atoms with Crippen LogP contribution in [0.3, 0.4) is 0 Å². The summed E-state index contributed by atoms with van der Waals surface area (Å²) in [4.78, 5) is 8.82. The highest BCUT2D eigenvalue weighted by molar-refractivity contribution is 6.30. The zero-order valence-corrected chi connectivity index (χ0v) is 10.6. The quantitative estimate of drug-likeness (QED) is 0.906. The van der Waals surface area contributed by atoms with Crippen molar-refractivity contribution < 1.29 is 0 Å². The zero-order valence-electron chi connectivity index (χ0n) is 9.87. The number of aromatic nitrogens is 2. The lowest BCUT2D eigenvalue weighted by Crippen LogP contribution is -2.02. The lowest BCUT2D eigenvalue weighted by Gasteiger charge is -2.05. The first-order chi connectivity index (χ1) is 8.17. The van der Waals surface area contributed by atoms with E-state index in [9.17, 15) is 0 Å². The highest BCUT2D eigenvalue weighted by atomic mass is 35.5. The number of rotatable bonds is 3. The molecule has 2 aromatic rings. The van der Waals surface area contributed by atoms with Gasteiger partial charge in [-0.1, -0.05) is 23.7 Å². The van der Waals surface area contributed by atoms with Gasteiger partial charge in [0.2, 0.25) is 0 Å². The number of benzene rings is 1. The highest BCUT2D eigenvalue weighted by Gasteiger charge is 2.03. The van der Waals surface area contributed by atoms with Crippen molar-refractivity contribution in [3.8, 4) is 0 Å². The molecule has 88 valence electrons. The number of aryl methyl sites for hydroxylation is 1. The van der Waals surface area contributed by atoms with Gasteiger partial charge in [-0.3, -0.25) is 0 Å². The predicted molar refractivity (Wildman–Crippen MR) is 70.6 cm³/mol. The largest absolute Gasteiger partial charge is 0.373 e. The third kappa shape index (κ3) is 3.17. The van der Waals surface area contributed by atoms with E-state index in [1.807, 2.05) is 44.3 Å². The van der Waals surface area contributed by atoms with Crippen LogP contribution < -0.4 is 5.32 Å². The van der Waals surface area contributed by atoms with Crippen molar-refractivity contribution in [2.24, 2.45) is 0 Å². The maximum Gasteiger partial charge on any atom is 0.135 e. The summed E-state index contributed by atoms with van der Waals surface area (Å²) in [5, 5.41) is 3.77. The Balaban J connectivity index is 2.26. The van der Waals surface area contributed by atoms with E-state index in [1.165, 1.54) is 0 Å². The summed E-state index contributed by atoms with van der Waals surface area (Å²) in [6.07, 6.45) is 0.691. The summed E-state index contributed by atoms with van der Waals surface area (Å²) in [5.41, 5.74) is 2.08. The van der Waals surface area contributed by atoms with Gasteiger partial charge in [0, 0.05) is 30.3 Å². The van der Waals surface area contributed by atoms with Crippen molar-refractivity contribution in [3.05, 3.63) is 52.4 Å². The summed E-state index contributed by atoms with van der Waals surface area (Å²) >= 11 is 5.95. The van der Waals surface area contributed by atoms with Gasteiger partial charge in [0.15, 0.2) is 0 Å². The number of hydrogen-bond donors (Lipinski definition) is 1.